The lowest BCUT2D eigenvalue weighted by molar-refractivity contribution is -0.0507. The van der Waals surface area contributed by atoms with Gasteiger partial charge >= 0.3 is 6.61 Å². The molecule has 3 N–H and O–H groups in total. The van der Waals surface area contributed by atoms with Crippen molar-refractivity contribution in [1.82, 2.24) is 24.4 Å². The zero-order valence-electron chi connectivity index (χ0n) is 22.0. The highest BCUT2D eigenvalue weighted by Crippen LogP contribution is 2.52. The van der Waals surface area contributed by atoms with Gasteiger partial charge in [-0.1, -0.05) is 19.1 Å². The average Bonchev–Trinajstić information content (AvgIpc) is 3.45. The summed E-state index contributed by atoms with van der Waals surface area (Å²) in [7, 11) is 1.72. The van der Waals surface area contributed by atoms with Gasteiger partial charge in [0.1, 0.15) is 17.4 Å². The fourth-order valence-electron chi connectivity index (χ4n) is 6.93. The molecule has 0 saturated heterocycles. The number of nitrogens with zero attached hydrogens (tertiary/aromatic N) is 5. The molecule has 40 heavy (non-hydrogen) atoms. The molecule has 2 atom stereocenters. The van der Waals surface area contributed by atoms with Crippen LogP contribution in [0.1, 0.15) is 65.8 Å². The molecule has 0 radical (unpaired) electrons. The lowest BCUT2D eigenvalue weighted by Crippen LogP contribution is -2.56. The minimum absolute atomic E-state index is 0.00116. The molecule has 2 aromatic heterocycles. The quantitative estimate of drug-likeness (QED) is 0.386. The first kappa shape index (κ1) is 25.0. The number of fused-ring (bicyclic) bond motifs is 9. The number of hydrogen-bond donors (Lipinski definition) is 2. The molecule has 4 heterocycles. The summed E-state index contributed by atoms with van der Waals surface area (Å²) in [6.07, 6.45) is 5.22. The van der Waals surface area contributed by atoms with Crippen molar-refractivity contribution in [2.75, 3.05) is 13.7 Å². The number of halogens is 2. The van der Waals surface area contributed by atoms with E-state index in [0.29, 0.717) is 42.0 Å². The normalized spacial score (nSPS) is 27.0. The monoisotopic (exact) mass is 546 g/mol. The van der Waals surface area contributed by atoms with Crippen LogP contribution in [0.5, 0.6) is 5.75 Å². The Balaban J connectivity index is 1.30. The van der Waals surface area contributed by atoms with Gasteiger partial charge in [-0.15, -0.1) is 0 Å². The largest absolute Gasteiger partial charge is 0.434 e. The van der Waals surface area contributed by atoms with E-state index in [2.05, 4.69) is 9.97 Å². The highest BCUT2D eigenvalue weighted by Gasteiger charge is 2.52. The second kappa shape index (κ2) is 8.52. The van der Waals surface area contributed by atoms with E-state index in [1.54, 1.807) is 36.5 Å². The summed E-state index contributed by atoms with van der Waals surface area (Å²) in [5.41, 5.74) is 9.66. The van der Waals surface area contributed by atoms with Crippen molar-refractivity contribution in [3.8, 4) is 16.9 Å². The maximum atomic E-state index is 13.4. The maximum absolute atomic E-state index is 13.4. The molecule has 1 fully saturated rings. The lowest BCUT2D eigenvalue weighted by Gasteiger charge is -2.50. The molecule has 1 aliphatic carbocycles. The van der Waals surface area contributed by atoms with E-state index < -0.39 is 18.2 Å². The summed E-state index contributed by atoms with van der Waals surface area (Å²) in [4.78, 5) is 28.9. The summed E-state index contributed by atoms with van der Waals surface area (Å²) >= 11 is 0. The van der Waals surface area contributed by atoms with E-state index in [4.69, 9.17) is 15.5 Å². The van der Waals surface area contributed by atoms with Crippen LogP contribution in [-0.4, -0.2) is 55.7 Å². The SMILES string of the molecule is CN1C(=O)c2cccc(OC(F)F)c2[C@@H]2C[C@@H]1c1nc3ccc(-c4cnc([C@]5(N)C[C@@](C)(CO)C5)nc4)cc3n12. The minimum atomic E-state index is -3.02. The Labute approximate surface area is 228 Å². The van der Waals surface area contributed by atoms with E-state index in [1.807, 2.05) is 29.7 Å². The van der Waals surface area contributed by atoms with Gasteiger partial charge in [-0.3, -0.25) is 4.79 Å². The third-order valence-electron chi connectivity index (χ3n) is 8.70. The smallest absolute Gasteiger partial charge is 0.387 e. The van der Waals surface area contributed by atoms with Crippen LogP contribution in [0.25, 0.3) is 22.2 Å². The highest BCUT2D eigenvalue weighted by atomic mass is 19.3. The Kier molecular flexibility index (Phi) is 5.33. The van der Waals surface area contributed by atoms with E-state index in [9.17, 15) is 18.7 Å². The molecule has 0 unspecified atom stereocenters. The van der Waals surface area contributed by atoms with Crippen LogP contribution in [0.15, 0.2) is 48.8 Å². The first-order chi connectivity index (χ1) is 19.1. The summed E-state index contributed by atoms with van der Waals surface area (Å²) in [6, 6.07) is 9.82. The molecular weight excluding hydrogens is 518 g/mol. The van der Waals surface area contributed by atoms with Gasteiger partial charge in [-0.25, -0.2) is 15.0 Å². The maximum Gasteiger partial charge on any atom is 0.387 e. The van der Waals surface area contributed by atoms with Gasteiger partial charge in [-0.05, 0) is 48.1 Å². The van der Waals surface area contributed by atoms with Crippen LogP contribution < -0.4 is 10.5 Å². The zero-order chi connectivity index (χ0) is 28.0. The number of imidazole rings is 1. The average molecular weight is 547 g/mol. The van der Waals surface area contributed by atoms with Crippen molar-refractivity contribution in [1.29, 1.82) is 0 Å². The van der Waals surface area contributed by atoms with E-state index in [1.165, 1.54) is 6.07 Å². The Hall–Kier alpha value is -3.96. The van der Waals surface area contributed by atoms with E-state index in [-0.39, 0.29) is 29.7 Å². The number of aliphatic hydroxyl groups excluding tert-OH is 1. The first-order valence-electron chi connectivity index (χ1n) is 13.2. The molecule has 0 spiro atoms. The zero-order valence-corrected chi connectivity index (χ0v) is 22.0. The molecule has 2 aromatic carbocycles. The first-order valence-corrected chi connectivity index (χ1v) is 13.2. The fraction of sp³-hybridized carbons (Fsp3) is 0.379. The Morgan fingerprint density at radius 3 is 2.60 bits per heavy atom. The predicted molar refractivity (Wildman–Crippen MR) is 142 cm³/mol. The Morgan fingerprint density at radius 2 is 1.90 bits per heavy atom. The third kappa shape index (κ3) is 3.57. The van der Waals surface area contributed by atoms with Crippen LogP contribution in [0.2, 0.25) is 0 Å². The second-order valence-electron chi connectivity index (χ2n) is 11.6. The van der Waals surface area contributed by atoms with Gasteiger partial charge < -0.3 is 25.0 Å². The number of alkyl halides is 2. The summed E-state index contributed by atoms with van der Waals surface area (Å²) in [6.45, 7) is -0.943. The van der Waals surface area contributed by atoms with Gasteiger partial charge in [-0.2, -0.15) is 8.78 Å². The molecule has 3 aliphatic rings. The molecule has 1 saturated carbocycles. The standard InChI is InChI=1S/C29H28F2N6O3/c1-28(14-38)12-29(32,13-28)26-33-10-16(11-34-26)15-6-7-18-19(8-15)37-20-9-21(24(37)35-18)36(2)25(39)17-4-3-5-22(23(17)20)40-27(30)31/h3-8,10-11,20-21,27,38H,9,12-14,32H2,1-2H3/t20-,21+,28-,29+/m0/s1. The van der Waals surface area contributed by atoms with Gasteiger partial charge in [0.25, 0.3) is 5.91 Å². The molecule has 7 rings (SSSR count). The number of carbonyl (C=O) groups is 1. The van der Waals surface area contributed by atoms with Crippen molar-refractivity contribution in [2.24, 2.45) is 11.1 Å². The summed E-state index contributed by atoms with van der Waals surface area (Å²) in [5, 5.41) is 9.60. The predicted octanol–water partition coefficient (Wildman–Crippen LogP) is 4.16. The molecule has 11 heteroatoms. The van der Waals surface area contributed by atoms with Crippen molar-refractivity contribution >= 4 is 16.9 Å². The van der Waals surface area contributed by atoms with Gasteiger partial charge in [0, 0.05) is 49.2 Å². The number of hydrogen-bond acceptors (Lipinski definition) is 7. The molecule has 2 aliphatic heterocycles. The van der Waals surface area contributed by atoms with E-state index in [0.717, 1.165) is 22.2 Å². The molecule has 206 valence electrons. The number of amides is 1. The van der Waals surface area contributed by atoms with Crippen molar-refractivity contribution in [2.45, 2.75) is 50.4 Å². The number of rotatable bonds is 5. The summed E-state index contributed by atoms with van der Waals surface area (Å²) in [5.74, 6) is 1.01. The van der Waals surface area contributed by atoms with E-state index >= 15 is 0 Å². The molecular formula is C29H28F2N6O3. The van der Waals surface area contributed by atoms with Crippen LogP contribution in [-0.2, 0) is 5.54 Å². The Bertz CT molecular complexity index is 1660. The molecule has 9 nitrogen and oxygen atoms in total. The summed E-state index contributed by atoms with van der Waals surface area (Å²) < 4.78 is 33.6. The van der Waals surface area contributed by atoms with Crippen LogP contribution >= 0.6 is 0 Å². The van der Waals surface area contributed by atoms with Gasteiger partial charge in [0.2, 0.25) is 0 Å². The number of nitrogens with two attached hydrogens (primary N) is 1. The number of carbonyl (C=O) groups excluding carboxylic acids is 1. The van der Waals surface area contributed by atoms with Crippen molar-refractivity contribution in [3.05, 3.63) is 71.6 Å². The van der Waals surface area contributed by atoms with Crippen molar-refractivity contribution in [3.63, 3.8) is 0 Å². The number of aliphatic hydroxyl groups is 1. The van der Waals surface area contributed by atoms with Crippen LogP contribution in [0.4, 0.5) is 8.78 Å². The molecule has 2 bridgehead atoms. The van der Waals surface area contributed by atoms with Gasteiger partial charge in [0.05, 0.1) is 28.7 Å². The van der Waals surface area contributed by atoms with Gasteiger partial charge in [0.15, 0.2) is 0 Å². The number of ether oxygens (including phenoxy) is 1. The Morgan fingerprint density at radius 1 is 1.15 bits per heavy atom. The number of aromatic nitrogens is 4. The van der Waals surface area contributed by atoms with Crippen LogP contribution in [0, 0.1) is 5.41 Å². The minimum Gasteiger partial charge on any atom is -0.434 e. The topological polar surface area (TPSA) is 119 Å². The fourth-order valence-corrected chi connectivity index (χ4v) is 6.93. The second-order valence-corrected chi connectivity index (χ2v) is 11.6. The molecule has 4 aromatic rings. The van der Waals surface area contributed by atoms with Crippen LogP contribution in [0.3, 0.4) is 0 Å². The highest BCUT2D eigenvalue weighted by molar-refractivity contribution is 5.98. The van der Waals surface area contributed by atoms with Crippen molar-refractivity contribution < 1.29 is 23.4 Å². The molecule has 1 amide bonds. The lowest BCUT2D eigenvalue weighted by atomic mass is 9.58. The third-order valence-corrected chi connectivity index (χ3v) is 8.70. The number of benzene rings is 2.